The fourth-order valence-electron chi connectivity index (χ4n) is 2.04. The van der Waals surface area contributed by atoms with Crippen molar-refractivity contribution in [1.29, 1.82) is 10.5 Å². The van der Waals surface area contributed by atoms with Crippen molar-refractivity contribution < 1.29 is 33.3 Å². The van der Waals surface area contributed by atoms with E-state index in [1.54, 1.807) is 11.5 Å². The molecule has 1 aliphatic rings. The van der Waals surface area contributed by atoms with Crippen LogP contribution in [0.15, 0.2) is 0 Å². The Morgan fingerprint density at radius 1 is 1.09 bits per heavy atom. The van der Waals surface area contributed by atoms with Gasteiger partial charge in [-0.25, -0.2) is 0 Å². The number of thiocyanates is 1. The van der Waals surface area contributed by atoms with E-state index in [9.17, 15) is 19.6 Å². The molecular weight excluding hydrogens is 328 g/mol. The second-order valence-electron chi connectivity index (χ2n) is 4.54. The lowest BCUT2D eigenvalue weighted by Crippen LogP contribution is -2.62. The van der Waals surface area contributed by atoms with Gasteiger partial charge >= 0.3 is 17.9 Å². The highest BCUT2D eigenvalue weighted by Crippen LogP contribution is 2.39. The van der Waals surface area contributed by atoms with E-state index >= 15 is 0 Å². The summed E-state index contributed by atoms with van der Waals surface area (Å²) in [5, 5.41) is 20.0. The molecule has 1 heterocycles. The zero-order valence-electron chi connectivity index (χ0n) is 12.6. The minimum atomic E-state index is -1.91. The summed E-state index contributed by atoms with van der Waals surface area (Å²) in [6.07, 6.45) is -3.81. The molecule has 0 unspecified atom stereocenters. The van der Waals surface area contributed by atoms with Gasteiger partial charge in [-0.1, -0.05) is 0 Å². The first-order chi connectivity index (χ1) is 10.8. The molecule has 0 N–H and O–H groups in total. The summed E-state index contributed by atoms with van der Waals surface area (Å²) in [4.78, 5) is 32.0. The molecule has 0 aromatic carbocycles. The molecule has 0 radical (unpaired) electrons. The summed E-state index contributed by atoms with van der Waals surface area (Å²) < 4.78 is 20.4. The van der Waals surface area contributed by atoms with Crippen LogP contribution in [-0.2, 0) is 33.3 Å². The Bertz CT molecular complexity index is 582. The number of ether oxygens (including phenoxy) is 4. The molecule has 4 atom stereocenters. The van der Waals surface area contributed by atoms with Gasteiger partial charge in [-0.2, -0.15) is 10.5 Å². The van der Waals surface area contributed by atoms with Gasteiger partial charge in [-0.3, -0.25) is 14.4 Å². The molecule has 0 spiro atoms. The van der Waals surface area contributed by atoms with Crippen LogP contribution in [0.3, 0.4) is 0 Å². The highest BCUT2D eigenvalue weighted by molar-refractivity contribution is 8.05. The SMILES string of the molecule is CC(=O)O[C@@H]1[C@@H](OC(C)=O)[C@](C#N)(SC#N)OC[C@H]1OC(C)=O. The van der Waals surface area contributed by atoms with E-state index in [-0.39, 0.29) is 6.61 Å². The first-order valence-electron chi connectivity index (χ1n) is 6.39. The van der Waals surface area contributed by atoms with Gasteiger partial charge in [0.2, 0.25) is 0 Å². The highest BCUT2D eigenvalue weighted by atomic mass is 32.2. The predicted molar refractivity (Wildman–Crippen MR) is 74.2 cm³/mol. The van der Waals surface area contributed by atoms with Crippen molar-refractivity contribution >= 4 is 29.7 Å². The molecule has 1 fully saturated rings. The molecule has 0 aromatic rings. The Hall–Kier alpha value is -2.30. The van der Waals surface area contributed by atoms with Gasteiger partial charge in [-0.15, -0.1) is 0 Å². The van der Waals surface area contributed by atoms with Crippen molar-refractivity contribution in [2.24, 2.45) is 0 Å². The minimum absolute atomic E-state index is 0.308. The first-order valence-corrected chi connectivity index (χ1v) is 7.21. The highest BCUT2D eigenvalue weighted by Gasteiger charge is 2.57. The second kappa shape index (κ2) is 7.81. The Morgan fingerprint density at radius 2 is 1.65 bits per heavy atom. The molecular formula is C13H14N2O7S. The van der Waals surface area contributed by atoms with Gasteiger partial charge in [0, 0.05) is 32.5 Å². The molecule has 0 aromatic heterocycles. The number of thioether (sulfide) groups is 1. The summed E-state index contributed by atoms with van der Waals surface area (Å²) >= 11 is 0.415. The average Bonchev–Trinajstić information content (AvgIpc) is 2.44. The number of esters is 3. The molecule has 0 aliphatic carbocycles. The Morgan fingerprint density at radius 3 is 2.09 bits per heavy atom. The summed E-state index contributed by atoms with van der Waals surface area (Å²) in [5.41, 5.74) is 0. The van der Waals surface area contributed by atoms with E-state index in [2.05, 4.69) is 0 Å². The number of nitrogens with zero attached hydrogens (tertiary/aromatic N) is 2. The van der Waals surface area contributed by atoms with E-state index in [0.717, 1.165) is 20.8 Å². The average molecular weight is 342 g/mol. The van der Waals surface area contributed by atoms with Crippen LogP contribution in [0.5, 0.6) is 0 Å². The van der Waals surface area contributed by atoms with Crippen LogP contribution >= 0.6 is 11.8 Å². The van der Waals surface area contributed by atoms with Crippen LogP contribution < -0.4 is 0 Å². The first kappa shape index (κ1) is 18.7. The van der Waals surface area contributed by atoms with E-state index in [1.807, 2.05) is 0 Å². The number of rotatable bonds is 4. The molecule has 0 amide bonds. The lowest BCUT2D eigenvalue weighted by Gasteiger charge is -2.43. The monoisotopic (exact) mass is 342 g/mol. The van der Waals surface area contributed by atoms with E-state index in [1.165, 1.54) is 0 Å². The zero-order chi connectivity index (χ0) is 17.6. The summed E-state index contributed by atoms with van der Waals surface area (Å²) in [6.45, 7) is 3.02. The van der Waals surface area contributed by atoms with Crippen LogP contribution in [0.2, 0.25) is 0 Å². The smallest absolute Gasteiger partial charge is 0.303 e. The molecule has 1 aliphatic heterocycles. The van der Waals surface area contributed by atoms with Crippen LogP contribution in [0, 0.1) is 22.0 Å². The van der Waals surface area contributed by atoms with E-state index < -0.39 is 41.2 Å². The van der Waals surface area contributed by atoms with Crippen molar-refractivity contribution in [3.05, 3.63) is 0 Å². The van der Waals surface area contributed by atoms with Gasteiger partial charge in [-0.05, 0) is 0 Å². The standard InChI is InChI=1S/C13H14N2O7S/c1-7(16)20-10-4-19-13(5-14,23-6-15)12(22-9(3)18)11(10)21-8(2)17/h10-12H,4H2,1-3H3/t10-,11+,12-,13+/m1/s1. The number of carbonyl (C=O) groups is 3. The fraction of sp³-hybridized carbons (Fsp3) is 0.615. The number of hydrogen-bond donors (Lipinski definition) is 0. The maximum atomic E-state index is 11.4. The van der Waals surface area contributed by atoms with Crippen LogP contribution in [0.25, 0.3) is 0 Å². The molecule has 0 saturated carbocycles. The van der Waals surface area contributed by atoms with Gasteiger partial charge in [0.05, 0.1) is 6.61 Å². The third-order valence-electron chi connectivity index (χ3n) is 2.77. The van der Waals surface area contributed by atoms with Crippen LogP contribution in [0.4, 0.5) is 0 Å². The Labute approximate surface area is 136 Å². The lowest BCUT2D eigenvalue weighted by atomic mass is 9.99. The zero-order valence-corrected chi connectivity index (χ0v) is 13.4. The number of carbonyl (C=O) groups excluding carboxylic acids is 3. The predicted octanol–water partition coefficient (Wildman–Crippen LogP) is 0.246. The third-order valence-corrected chi connectivity index (χ3v) is 3.60. The van der Waals surface area contributed by atoms with E-state index in [4.69, 9.17) is 24.2 Å². The molecule has 1 rings (SSSR count). The lowest BCUT2D eigenvalue weighted by molar-refractivity contribution is -0.223. The Kier molecular flexibility index (Phi) is 6.37. The molecule has 23 heavy (non-hydrogen) atoms. The van der Waals surface area contributed by atoms with Gasteiger partial charge < -0.3 is 18.9 Å². The maximum absolute atomic E-state index is 11.4. The molecule has 9 nitrogen and oxygen atoms in total. The number of hydrogen-bond acceptors (Lipinski definition) is 10. The second-order valence-corrected chi connectivity index (χ2v) is 5.53. The van der Waals surface area contributed by atoms with Crippen molar-refractivity contribution in [3.63, 3.8) is 0 Å². The number of nitriles is 2. The Balaban J connectivity index is 3.27. The summed E-state index contributed by atoms with van der Waals surface area (Å²) in [6, 6.07) is 1.76. The van der Waals surface area contributed by atoms with Gasteiger partial charge in [0.15, 0.2) is 18.3 Å². The van der Waals surface area contributed by atoms with Crippen molar-refractivity contribution in [1.82, 2.24) is 0 Å². The van der Waals surface area contributed by atoms with Gasteiger partial charge in [0.25, 0.3) is 4.93 Å². The van der Waals surface area contributed by atoms with Gasteiger partial charge in [0.1, 0.15) is 11.5 Å². The van der Waals surface area contributed by atoms with Crippen LogP contribution in [-0.4, -0.2) is 47.8 Å². The van der Waals surface area contributed by atoms with Crippen molar-refractivity contribution in [2.75, 3.05) is 6.61 Å². The largest absolute Gasteiger partial charge is 0.456 e. The summed E-state index contributed by atoms with van der Waals surface area (Å²) in [7, 11) is 0. The molecule has 1 saturated heterocycles. The molecule has 0 bridgehead atoms. The molecule has 10 heteroatoms. The topological polar surface area (TPSA) is 136 Å². The van der Waals surface area contributed by atoms with Crippen LogP contribution in [0.1, 0.15) is 20.8 Å². The van der Waals surface area contributed by atoms with Crippen molar-refractivity contribution in [3.8, 4) is 11.5 Å². The summed E-state index contributed by atoms with van der Waals surface area (Å²) in [5.74, 6) is -2.19. The molecule has 124 valence electrons. The minimum Gasteiger partial charge on any atom is -0.456 e. The normalized spacial score (nSPS) is 29.5. The van der Waals surface area contributed by atoms with Crippen molar-refractivity contribution in [2.45, 2.75) is 44.0 Å². The quantitative estimate of drug-likeness (QED) is 0.397. The van der Waals surface area contributed by atoms with E-state index in [0.29, 0.717) is 11.8 Å². The third kappa shape index (κ3) is 4.58. The maximum Gasteiger partial charge on any atom is 0.303 e. The fourth-order valence-corrected chi connectivity index (χ4v) is 2.64.